The molecule has 0 radical (unpaired) electrons. The molecule has 0 saturated heterocycles. The number of hydrogen-bond acceptors (Lipinski definition) is 7. The van der Waals surface area contributed by atoms with Crippen molar-refractivity contribution >= 4 is 18.0 Å². The Bertz CT molecular complexity index is 758. The molecule has 0 aromatic heterocycles. The minimum Gasteiger partial charge on any atom is -0.504 e. The molecule has 2 fully saturated rings. The van der Waals surface area contributed by atoms with Crippen molar-refractivity contribution in [3.63, 3.8) is 0 Å². The van der Waals surface area contributed by atoms with E-state index in [2.05, 4.69) is 5.32 Å². The summed E-state index contributed by atoms with van der Waals surface area (Å²) in [5.74, 6) is -1.84. The van der Waals surface area contributed by atoms with Crippen LogP contribution in [0.3, 0.4) is 0 Å². The lowest BCUT2D eigenvalue weighted by Gasteiger charge is -2.37. The molecule has 5 N–H and O–H groups in total. The summed E-state index contributed by atoms with van der Waals surface area (Å²) in [6, 6.07) is 4.15. The molecule has 3 rings (SSSR count). The maximum absolute atomic E-state index is 12.2. The molecular weight excluding hydrogens is 354 g/mol. The van der Waals surface area contributed by atoms with Gasteiger partial charge in [-0.2, -0.15) is 0 Å². The number of esters is 1. The van der Waals surface area contributed by atoms with E-state index in [1.54, 1.807) is 0 Å². The standard InChI is InChI=1S/C19H23NO7/c21-13-5-1-11(9-15(13)23)2-6-17(24)27-16-10-19(26,8-7-14(16)22)18(25)20-12-3-4-12/h1-2,5-6,9,12,14,16,21-23,26H,3-4,7-8,10H2,(H,20,25)/b6-2+/t14-,16?,19+/m1/s1. The molecule has 2 aliphatic rings. The van der Waals surface area contributed by atoms with Crippen molar-refractivity contribution in [2.75, 3.05) is 0 Å². The molecule has 146 valence electrons. The first kappa shape index (κ1) is 19.2. The SMILES string of the molecule is O=C(/C=C/c1ccc(O)c(O)c1)OC1C[C@](O)(C(=O)NC2CC2)CC[C@H]1O. The third-order valence-corrected chi connectivity index (χ3v) is 4.84. The van der Waals surface area contributed by atoms with E-state index in [4.69, 9.17) is 4.74 Å². The quantitative estimate of drug-likeness (QED) is 0.288. The van der Waals surface area contributed by atoms with Gasteiger partial charge in [0.15, 0.2) is 11.5 Å². The van der Waals surface area contributed by atoms with Crippen LogP contribution in [0, 0.1) is 0 Å². The van der Waals surface area contributed by atoms with Crippen LogP contribution in [-0.2, 0) is 14.3 Å². The van der Waals surface area contributed by atoms with Gasteiger partial charge in [0.2, 0.25) is 0 Å². The predicted molar refractivity (Wildman–Crippen MR) is 94.7 cm³/mol. The zero-order chi connectivity index (χ0) is 19.6. The highest BCUT2D eigenvalue weighted by Gasteiger charge is 2.46. The van der Waals surface area contributed by atoms with E-state index in [0.717, 1.165) is 18.9 Å². The highest BCUT2D eigenvalue weighted by atomic mass is 16.6. The number of aliphatic hydroxyl groups excluding tert-OH is 1. The van der Waals surface area contributed by atoms with Crippen molar-refractivity contribution in [2.24, 2.45) is 0 Å². The fourth-order valence-electron chi connectivity index (χ4n) is 3.01. The van der Waals surface area contributed by atoms with Crippen LogP contribution in [0.15, 0.2) is 24.3 Å². The molecule has 8 heteroatoms. The summed E-state index contributed by atoms with van der Waals surface area (Å²) in [7, 11) is 0. The normalized spacial score (nSPS) is 28.1. The van der Waals surface area contributed by atoms with Crippen LogP contribution in [0.25, 0.3) is 6.08 Å². The number of carbonyl (C=O) groups excluding carboxylic acids is 2. The highest BCUT2D eigenvalue weighted by molar-refractivity contribution is 5.88. The first-order valence-electron chi connectivity index (χ1n) is 8.89. The second-order valence-corrected chi connectivity index (χ2v) is 7.15. The number of nitrogens with one attached hydrogen (secondary N) is 1. The number of phenols is 2. The Labute approximate surface area is 156 Å². The topological polar surface area (TPSA) is 136 Å². The van der Waals surface area contributed by atoms with Crippen LogP contribution < -0.4 is 5.32 Å². The highest BCUT2D eigenvalue weighted by Crippen LogP contribution is 2.32. The number of aromatic hydroxyl groups is 2. The number of hydrogen-bond donors (Lipinski definition) is 5. The number of aliphatic hydroxyl groups is 2. The Balaban J connectivity index is 1.60. The van der Waals surface area contributed by atoms with E-state index in [1.807, 2.05) is 0 Å². The minimum absolute atomic E-state index is 0.0963. The number of carbonyl (C=O) groups is 2. The van der Waals surface area contributed by atoms with Crippen LogP contribution in [-0.4, -0.2) is 56.2 Å². The molecule has 1 unspecified atom stereocenters. The molecule has 0 heterocycles. The second-order valence-electron chi connectivity index (χ2n) is 7.15. The Morgan fingerprint density at radius 2 is 1.93 bits per heavy atom. The van der Waals surface area contributed by atoms with E-state index in [0.29, 0.717) is 5.56 Å². The average molecular weight is 377 g/mol. The third-order valence-electron chi connectivity index (χ3n) is 4.84. The number of rotatable bonds is 5. The fraction of sp³-hybridized carbons (Fsp3) is 0.474. The van der Waals surface area contributed by atoms with Gasteiger partial charge in [-0.05, 0) is 49.5 Å². The lowest BCUT2D eigenvalue weighted by Crippen LogP contribution is -2.55. The van der Waals surface area contributed by atoms with Crippen molar-refractivity contribution in [1.82, 2.24) is 5.32 Å². The summed E-state index contributed by atoms with van der Waals surface area (Å²) in [5, 5.41) is 42.1. The van der Waals surface area contributed by atoms with Gasteiger partial charge < -0.3 is 30.5 Å². The molecule has 1 amide bonds. The first-order valence-corrected chi connectivity index (χ1v) is 8.89. The van der Waals surface area contributed by atoms with Gasteiger partial charge in [-0.25, -0.2) is 4.79 Å². The molecule has 0 bridgehead atoms. The molecule has 0 spiro atoms. The van der Waals surface area contributed by atoms with Gasteiger partial charge in [0.1, 0.15) is 11.7 Å². The van der Waals surface area contributed by atoms with Gasteiger partial charge in [-0.1, -0.05) is 6.07 Å². The van der Waals surface area contributed by atoms with Crippen molar-refractivity contribution < 1.29 is 34.8 Å². The monoisotopic (exact) mass is 377 g/mol. The van der Waals surface area contributed by atoms with E-state index in [-0.39, 0.29) is 36.8 Å². The maximum Gasteiger partial charge on any atom is 0.331 e. The van der Waals surface area contributed by atoms with Crippen molar-refractivity contribution in [1.29, 1.82) is 0 Å². The van der Waals surface area contributed by atoms with Gasteiger partial charge in [0, 0.05) is 18.5 Å². The van der Waals surface area contributed by atoms with Gasteiger partial charge in [-0.3, -0.25) is 4.79 Å². The largest absolute Gasteiger partial charge is 0.504 e. The average Bonchev–Trinajstić information content (AvgIpc) is 3.43. The van der Waals surface area contributed by atoms with Crippen molar-refractivity contribution in [3.05, 3.63) is 29.8 Å². The van der Waals surface area contributed by atoms with Crippen LogP contribution in [0.1, 0.15) is 37.7 Å². The Hall–Kier alpha value is -2.58. The van der Waals surface area contributed by atoms with Gasteiger partial charge in [0.05, 0.1) is 6.10 Å². The predicted octanol–water partition coefficient (Wildman–Crippen LogP) is 0.577. The van der Waals surface area contributed by atoms with Gasteiger partial charge >= 0.3 is 5.97 Å². The molecule has 1 aromatic rings. The number of ether oxygens (including phenoxy) is 1. The summed E-state index contributed by atoms with van der Waals surface area (Å²) in [6.07, 6.45) is 2.37. The minimum atomic E-state index is -1.67. The maximum atomic E-state index is 12.2. The fourth-order valence-corrected chi connectivity index (χ4v) is 3.01. The van der Waals surface area contributed by atoms with Crippen LogP contribution >= 0.6 is 0 Å². The molecule has 0 aliphatic heterocycles. The molecule has 8 nitrogen and oxygen atoms in total. The summed E-state index contributed by atoms with van der Waals surface area (Å²) < 4.78 is 5.22. The smallest absolute Gasteiger partial charge is 0.331 e. The molecule has 2 saturated carbocycles. The lowest BCUT2D eigenvalue weighted by molar-refractivity contribution is -0.169. The number of phenolic OH excluding ortho intramolecular Hbond substituents is 2. The molecule has 27 heavy (non-hydrogen) atoms. The van der Waals surface area contributed by atoms with E-state index >= 15 is 0 Å². The molecule has 1 aromatic carbocycles. The first-order chi connectivity index (χ1) is 12.8. The Kier molecular flexibility index (Phi) is 5.38. The second kappa shape index (κ2) is 7.58. The van der Waals surface area contributed by atoms with Crippen molar-refractivity contribution in [2.45, 2.75) is 56.0 Å². The Morgan fingerprint density at radius 1 is 1.19 bits per heavy atom. The van der Waals surface area contributed by atoms with Crippen LogP contribution in [0.4, 0.5) is 0 Å². The third kappa shape index (κ3) is 4.78. The van der Waals surface area contributed by atoms with Gasteiger partial charge in [0.25, 0.3) is 5.91 Å². The Morgan fingerprint density at radius 3 is 2.59 bits per heavy atom. The molecule has 3 atom stereocenters. The van der Waals surface area contributed by atoms with Crippen LogP contribution in [0.5, 0.6) is 11.5 Å². The van der Waals surface area contributed by atoms with E-state index in [1.165, 1.54) is 24.3 Å². The number of benzene rings is 1. The van der Waals surface area contributed by atoms with E-state index in [9.17, 15) is 30.0 Å². The molecular formula is C19H23NO7. The lowest BCUT2D eigenvalue weighted by atomic mass is 9.80. The van der Waals surface area contributed by atoms with E-state index < -0.39 is 29.7 Å². The molecule has 2 aliphatic carbocycles. The zero-order valence-electron chi connectivity index (χ0n) is 14.7. The zero-order valence-corrected chi connectivity index (χ0v) is 14.7. The summed E-state index contributed by atoms with van der Waals surface area (Å²) in [4.78, 5) is 24.3. The van der Waals surface area contributed by atoms with Gasteiger partial charge in [-0.15, -0.1) is 0 Å². The van der Waals surface area contributed by atoms with Crippen LogP contribution in [0.2, 0.25) is 0 Å². The number of amides is 1. The summed E-state index contributed by atoms with van der Waals surface area (Å²) in [5.41, 5.74) is -1.20. The van der Waals surface area contributed by atoms with Crippen molar-refractivity contribution in [3.8, 4) is 11.5 Å². The summed E-state index contributed by atoms with van der Waals surface area (Å²) in [6.45, 7) is 0. The summed E-state index contributed by atoms with van der Waals surface area (Å²) >= 11 is 0.